The molecule has 1 aliphatic heterocycles. The second kappa shape index (κ2) is 9.01. The molecule has 27 heavy (non-hydrogen) atoms. The molecule has 1 heterocycles. The Kier molecular flexibility index (Phi) is 6.47. The number of ether oxygens (including phenoxy) is 2. The van der Waals surface area contributed by atoms with Gasteiger partial charge in [-0.1, -0.05) is 12.1 Å². The van der Waals surface area contributed by atoms with Crippen molar-refractivity contribution in [2.45, 2.75) is 6.42 Å². The minimum Gasteiger partial charge on any atom is -0.491 e. The van der Waals surface area contributed by atoms with Crippen molar-refractivity contribution in [3.8, 4) is 5.75 Å². The molecule has 1 N–H and O–H groups in total. The third kappa shape index (κ3) is 4.87. The molecule has 0 aliphatic carbocycles. The lowest BCUT2D eigenvalue weighted by molar-refractivity contribution is -0.122. The fourth-order valence-corrected chi connectivity index (χ4v) is 3.41. The highest BCUT2D eigenvalue weighted by molar-refractivity contribution is 9.10. The maximum atomic E-state index is 12.6. The van der Waals surface area contributed by atoms with Crippen LogP contribution in [0.3, 0.4) is 0 Å². The topological polar surface area (TPSA) is 67.9 Å². The highest BCUT2D eigenvalue weighted by atomic mass is 79.9. The van der Waals surface area contributed by atoms with Crippen LogP contribution in [0.25, 0.3) is 0 Å². The summed E-state index contributed by atoms with van der Waals surface area (Å²) in [5.74, 6) is 0.110. The molecule has 1 aliphatic rings. The number of anilines is 2. The van der Waals surface area contributed by atoms with E-state index in [1.807, 2.05) is 24.3 Å². The minimum absolute atomic E-state index is 0.0519. The first-order valence-corrected chi connectivity index (χ1v) is 9.45. The van der Waals surface area contributed by atoms with E-state index < -0.39 is 0 Å². The van der Waals surface area contributed by atoms with Crippen LogP contribution in [0, 0.1) is 5.92 Å². The molecule has 0 saturated carbocycles. The number of nitrogens with one attached hydrogen (secondary N) is 1. The van der Waals surface area contributed by atoms with Crippen LogP contribution in [0.15, 0.2) is 53.0 Å². The molecule has 2 amide bonds. The van der Waals surface area contributed by atoms with Gasteiger partial charge >= 0.3 is 0 Å². The Balaban J connectivity index is 1.59. The van der Waals surface area contributed by atoms with Crippen LogP contribution in [0.5, 0.6) is 5.75 Å². The van der Waals surface area contributed by atoms with Crippen LogP contribution in [0.2, 0.25) is 0 Å². The second-order valence-electron chi connectivity index (χ2n) is 6.21. The van der Waals surface area contributed by atoms with Crippen LogP contribution in [-0.2, 0) is 14.3 Å². The van der Waals surface area contributed by atoms with Crippen molar-refractivity contribution in [1.82, 2.24) is 0 Å². The summed E-state index contributed by atoms with van der Waals surface area (Å²) < 4.78 is 11.3. The van der Waals surface area contributed by atoms with Gasteiger partial charge in [0.2, 0.25) is 11.8 Å². The molecule has 1 saturated heterocycles. The molecule has 0 aromatic heterocycles. The van der Waals surface area contributed by atoms with E-state index >= 15 is 0 Å². The summed E-state index contributed by atoms with van der Waals surface area (Å²) in [6, 6.07) is 14.6. The van der Waals surface area contributed by atoms with Gasteiger partial charge < -0.3 is 19.7 Å². The van der Waals surface area contributed by atoms with Crippen molar-refractivity contribution < 1.29 is 19.1 Å². The van der Waals surface area contributed by atoms with Gasteiger partial charge in [-0.3, -0.25) is 9.59 Å². The maximum absolute atomic E-state index is 12.6. The number of benzene rings is 2. The van der Waals surface area contributed by atoms with Gasteiger partial charge in [0, 0.05) is 30.2 Å². The molecule has 0 radical (unpaired) electrons. The number of nitrogens with zero attached hydrogens (tertiary/aromatic N) is 1. The summed E-state index contributed by atoms with van der Waals surface area (Å²) in [4.78, 5) is 26.6. The fourth-order valence-electron chi connectivity index (χ4n) is 2.91. The minimum atomic E-state index is -0.387. The fraction of sp³-hybridized carbons (Fsp3) is 0.300. The zero-order valence-electron chi connectivity index (χ0n) is 15.0. The summed E-state index contributed by atoms with van der Waals surface area (Å²) in [5, 5.41) is 2.88. The number of rotatable bonds is 7. The van der Waals surface area contributed by atoms with E-state index in [4.69, 9.17) is 9.47 Å². The molecule has 2 aromatic rings. The zero-order chi connectivity index (χ0) is 19.2. The van der Waals surface area contributed by atoms with E-state index in [0.717, 1.165) is 10.2 Å². The number of hydrogen-bond donors (Lipinski definition) is 1. The Labute approximate surface area is 166 Å². The standard InChI is InChI=1S/C20H21BrN2O4/c1-26-10-11-27-16-8-6-15(7-9-16)22-20(25)14-12-19(24)23(13-14)18-5-3-2-4-17(18)21/h2-9,14H,10-13H2,1H3,(H,22,25). The number of amides is 2. The molecule has 3 rings (SSSR count). The van der Waals surface area contributed by atoms with Crippen LogP contribution in [0.1, 0.15) is 6.42 Å². The maximum Gasteiger partial charge on any atom is 0.229 e. The highest BCUT2D eigenvalue weighted by Gasteiger charge is 2.35. The zero-order valence-corrected chi connectivity index (χ0v) is 16.6. The lowest BCUT2D eigenvalue weighted by Crippen LogP contribution is -2.28. The van der Waals surface area contributed by atoms with Crippen LogP contribution in [-0.4, -0.2) is 38.7 Å². The molecule has 142 valence electrons. The molecular formula is C20H21BrN2O4. The van der Waals surface area contributed by atoms with Gasteiger partial charge in [-0.2, -0.15) is 0 Å². The van der Waals surface area contributed by atoms with Gasteiger partial charge in [-0.15, -0.1) is 0 Å². The number of para-hydroxylation sites is 1. The smallest absolute Gasteiger partial charge is 0.229 e. The number of carbonyl (C=O) groups excluding carboxylic acids is 2. The van der Waals surface area contributed by atoms with Crippen molar-refractivity contribution in [2.75, 3.05) is 37.1 Å². The van der Waals surface area contributed by atoms with Gasteiger partial charge in [-0.05, 0) is 52.3 Å². The van der Waals surface area contributed by atoms with Crippen LogP contribution >= 0.6 is 15.9 Å². The van der Waals surface area contributed by atoms with E-state index in [2.05, 4.69) is 21.2 Å². The Morgan fingerprint density at radius 1 is 1.19 bits per heavy atom. The van der Waals surface area contributed by atoms with Crippen molar-refractivity contribution in [3.05, 3.63) is 53.0 Å². The van der Waals surface area contributed by atoms with E-state index in [0.29, 0.717) is 31.2 Å². The van der Waals surface area contributed by atoms with Gasteiger partial charge in [0.25, 0.3) is 0 Å². The molecule has 7 heteroatoms. The molecule has 2 aromatic carbocycles. The van der Waals surface area contributed by atoms with Crippen molar-refractivity contribution in [3.63, 3.8) is 0 Å². The number of carbonyl (C=O) groups is 2. The molecule has 6 nitrogen and oxygen atoms in total. The highest BCUT2D eigenvalue weighted by Crippen LogP contribution is 2.31. The number of methoxy groups -OCH3 is 1. The normalized spacial score (nSPS) is 16.4. The molecule has 0 spiro atoms. The van der Waals surface area contributed by atoms with Gasteiger partial charge in [0.05, 0.1) is 18.2 Å². The van der Waals surface area contributed by atoms with E-state index in [9.17, 15) is 9.59 Å². The number of hydrogen-bond acceptors (Lipinski definition) is 4. The van der Waals surface area contributed by atoms with Crippen molar-refractivity contribution >= 4 is 39.1 Å². The van der Waals surface area contributed by atoms with Crippen molar-refractivity contribution in [1.29, 1.82) is 0 Å². The Bertz CT molecular complexity index is 810. The third-order valence-corrected chi connectivity index (χ3v) is 4.99. The van der Waals surface area contributed by atoms with Crippen LogP contribution < -0.4 is 15.0 Å². The van der Waals surface area contributed by atoms with E-state index in [-0.39, 0.29) is 24.2 Å². The second-order valence-corrected chi connectivity index (χ2v) is 7.07. The average Bonchev–Trinajstić information content (AvgIpc) is 3.05. The summed E-state index contributed by atoms with van der Waals surface area (Å²) >= 11 is 3.46. The van der Waals surface area contributed by atoms with Crippen molar-refractivity contribution in [2.24, 2.45) is 5.92 Å². The molecule has 1 unspecified atom stereocenters. The molecule has 0 bridgehead atoms. The monoisotopic (exact) mass is 432 g/mol. The predicted octanol–water partition coefficient (Wildman–Crippen LogP) is 3.47. The first-order chi connectivity index (χ1) is 13.1. The van der Waals surface area contributed by atoms with E-state index in [1.165, 1.54) is 0 Å². The summed E-state index contributed by atoms with van der Waals surface area (Å²) in [6.07, 6.45) is 0.200. The van der Waals surface area contributed by atoms with Crippen LogP contribution in [0.4, 0.5) is 11.4 Å². The predicted molar refractivity (Wildman–Crippen MR) is 107 cm³/mol. The lowest BCUT2D eigenvalue weighted by Gasteiger charge is -2.18. The number of halogens is 1. The van der Waals surface area contributed by atoms with Gasteiger partial charge in [0.15, 0.2) is 0 Å². The molecule has 1 atom stereocenters. The summed E-state index contributed by atoms with van der Waals surface area (Å²) in [6.45, 7) is 1.35. The Morgan fingerprint density at radius 3 is 2.63 bits per heavy atom. The Morgan fingerprint density at radius 2 is 1.93 bits per heavy atom. The van der Waals surface area contributed by atoms with E-state index in [1.54, 1.807) is 36.3 Å². The quantitative estimate of drug-likeness (QED) is 0.680. The molecular weight excluding hydrogens is 412 g/mol. The Hall–Kier alpha value is -2.38. The summed E-state index contributed by atoms with van der Waals surface area (Å²) in [7, 11) is 1.62. The van der Waals surface area contributed by atoms with Gasteiger partial charge in [-0.25, -0.2) is 0 Å². The summed E-state index contributed by atoms with van der Waals surface area (Å²) in [5.41, 5.74) is 1.46. The average molecular weight is 433 g/mol. The first kappa shape index (κ1) is 19.4. The SMILES string of the molecule is COCCOc1ccc(NC(=O)C2CC(=O)N(c3ccccc3Br)C2)cc1. The molecule has 1 fully saturated rings. The lowest BCUT2D eigenvalue weighted by atomic mass is 10.1. The van der Waals surface area contributed by atoms with Gasteiger partial charge in [0.1, 0.15) is 12.4 Å². The first-order valence-electron chi connectivity index (χ1n) is 8.66. The third-order valence-electron chi connectivity index (χ3n) is 4.32. The largest absolute Gasteiger partial charge is 0.491 e.